The number of aliphatic hydroxyl groups is 1. The van der Waals surface area contributed by atoms with Gasteiger partial charge in [0.05, 0.1) is 6.61 Å². The number of ether oxygens (including phenoxy) is 2. The lowest BCUT2D eigenvalue weighted by molar-refractivity contribution is -0.164. The Labute approximate surface area is 104 Å². The van der Waals surface area contributed by atoms with Gasteiger partial charge in [0, 0.05) is 31.7 Å². The van der Waals surface area contributed by atoms with Crippen LogP contribution in [0.25, 0.3) is 0 Å². The van der Waals surface area contributed by atoms with E-state index >= 15 is 0 Å². The van der Waals surface area contributed by atoms with Crippen molar-refractivity contribution < 1.29 is 14.6 Å². The van der Waals surface area contributed by atoms with Crippen molar-refractivity contribution >= 4 is 0 Å². The van der Waals surface area contributed by atoms with Crippen molar-refractivity contribution in [2.24, 2.45) is 5.41 Å². The topological polar surface area (TPSA) is 41.9 Å². The molecule has 0 spiro atoms. The summed E-state index contributed by atoms with van der Waals surface area (Å²) in [5.74, 6) is 0. The standard InChI is InChI=1S/C13H25NO3/c1-13(11-15)5-6-14(10-13)7-9-17-12-4-2-3-8-16-12/h12,15H,2-11H2,1H3/t12-,13-/m0/s1. The third-order valence-electron chi connectivity index (χ3n) is 3.87. The van der Waals surface area contributed by atoms with Gasteiger partial charge in [-0.2, -0.15) is 0 Å². The molecule has 2 heterocycles. The van der Waals surface area contributed by atoms with Gasteiger partial charge in [0.15, 0.2) is 6.29 Å². The largest absolute Gasteiger partial charge is 0.396 e. The van der Waals surface area contributed by atoms with Gasteiger partial charge >= 0.3 is 0 Å². The first-order valence-corrected chi connectivity index (χ1v) is 6.78. The number of likely N-dealkylation sites (tertiary alicyclic amines) is 1. The van der Waals surface area contributed by atoms with Gasteiger partial charge in [0.1, 0.15) is 0 Å². The second kappa shape index (κ2) is 6.14. The molecule has 2 aliphatic heterocycles. The maximum absolute atomic E-state index is 9.29. The Hall–Kier alpha value is -0.160. The van der Waals surface area contributed by atoms with Crippen LogP contribution in [0.3, 0.4) is 0 Å². The smallest absolute Gasteiger partial charge is 0.157 e. The van der Waals surface area contributed by atoms with Crippen LogP contribution in [0.5, 0.6) is 0 Å². The zero-order valence-corrected chi connectivity index (χ0v) is 10.9. The molecule has 0 saturated carbocycles. The SMILES string of the molecule is C[C@]1(CO)CCN(CCO[C@H]2CCCCO2)C1. The van der Waals surface area contributed by atoms with Crippen LogP contribution in [-0.2, 0) is 9.47 Å². The van der Waals surface area contributed by atoms with Crippen molar-refractivity contribution in [2.45, 2.75) is 38.9 Å². The highest BCUT2D eigenvalue weighted by Crippen LogP contribution is 2.28. The van der Waals surface area contributed by atoms with Gasteiger partial charge in [0.2, 0.25) is 0 Å². The minimum absolute atomic E-state index is 0.0237. The molecule has 2 fully saturated rings. The van der Waals surface area contributed by atoms with E-state index in [0.717, 1.165) is 45.7 Å². The van der Waals surface area contributed by atoms with Crippen LogP contribution < -0.4 is 0 Å². The Morgan fingerprint density at radius 1 is 1.47 bits per heavy atom. The van der Waals surface area contributed by atoms with Gasteiger partial charge < -0.3 is 19.5 Å². The first-order chi connectivity index (χ1) is 8.22. The summed E-state index contributed by atoms with van der Waals surface area (Å²) in [4.78, 5) is 2.37. The molecule has 2 aliphatic rings. The lowest BCUT2D eigenvalue weighted by Crippen LogP contribution is -2.32. The molecule has 4 nitrogen and oxygen atoms in total. The van der Waals surface area contributed by atoms with E-state index in [1.165, 1.54) is 12.8 Å². The average molecular weight is 243 g/mol. The Balaban J connectivity index is 1.59. The van der Waals surface area contributed by atoms with Gasteiger partial charge in [-0.1, -0.05) is 6.92 Å². The molecule has 0 aromatic heterocycles. The summed E-state index contributed by atoms with van der Waals surface area (Å²) in [7, 11) is 0. The van der Waals surface area contributed by atoms with Crippen LogP contribution in [0.1, 0.15) is 32.6 Å². The number of nitrogens with zero attached hydrogens (tertiary/aromatic N) is 1. The van der Waals surface area contributed by atoms with Gasteiger partial charge in [-0.05, 0) is 32.2 Å². The highest BCUT2D eigenvalue weighted by molar-refractivity contribution is 4.85. The van der Waals surface area contributed by atoms with Gasteiger partial charge in [0.25, 0.3) is 0 Å². The number of hydrogen-bond acceptors (Lipinski definition) is 4. The molecule has 4 heteroatoms. The van der Waals surface area contributed by atoms with E-state index in [1.54, 1.807) is 0 Å². The maximum atomic E-state index is 9.29. The minimum atomic E-state index is 0.0237. The summed E-state index contributed by atoms with van der Waals surface area (Å²) in [6.07, 6.45) is 4.53. The molecule has 0 aliphatic carbocycles. The maximum Gasteiger partial charge on any atom is 0.157 e. The number of aliphatic hydroxyl groups excluding tert-OH is 1. The molecular weight excluding hydrogens is 218 g/mol. The summed E-state index contributed by atoms with van der Waals surface area (Å²) in [6.45, 7) is 7.04. The summed E-state index contributed by atoms with van der Waals surface area (Å²) >= 11 is 0. The van der Waals surface area contributed by atoms with E-state index in [2.05, 4.69) is 11.8 Å². The van der Waals surface area contributed by atoms with Crippen LogP contribution in [0.2, 0.25) is 0 Å². The second-order valence-electron chi connectivity index (χ2n) is 5.66. The zero-order valence-electron chi connectivity index (χ0n) is 10.9. The quantitative estimate of drug-likeness (QED) is 0.788. The highest BCUT2D eigenvalue weighted by Gasteiger charge is 2.32. The molecule has 0 aromatic carbocycles. The van der Waals surface area contributed by atoms with Crippen LogP contribution in [0.15, 0.2) is 0 Å². The average Bonchev–Trinajstić information content (AvgIpc) is 2.74. The van der Waals surface area contributed by atoms with Crippen LogP contribution in [0, 0.1) is 5.41 Å². The minimum Gasteiger partial charge on any atom is -0.396 e. The summed E-state index contributed by atoms with van der Waals surface area (Å²) < 4.78 is 11.2. The Morgan fingerprint density at radius 2 is 2.35 bits per heavy atom. The predicted molar refractivity (Wildman–Crippen MR) is 65.8 cm³/mol. The van der Waals surface area contributed by atoms with E-state index in [4.69, 9.17) is 9.47 Å². The third-order valence-corrected chi connectivity index (χ3v) is 3.87. The monoisotopic (exact) mass is 243 g/mol. The van der Waals surface area contributed by atoms with Gasteiger partial charge in [-0.25, -0.2) is 0 Å². The molecule has 2 rings (SSSR count). The zero-order chi connectivity index (χ0) is 12.1. The molecule has 17 heavy (non-hydrogen) atoms. The molecule has 0 radical (unpaired) electrons. The first-order valence-electron chi connectivity index (χ1n) is 6.78. The van der Waals surface area contributed by atoms with Crippen LogP contribution in [0.4, 0.5) is 0 Å². The molecule has 0 unspecified atom stereocenters. The molecule has 1 N–H and O–H groups in total. The molecule has 100 valence electrons. The number of hydrogen-bond donors (Lipinski definition) is 1. The molecule has 0 bridgehead atoms. The van der Waals surface area contributed by atoms with E-state index in [-0.39, 0.29) is 18.3 Å². The Kier molecular flexibility index (Phi) is 4.79. The van der Waals surface area contributed by atoms with Crippen molar-refractivity contribution in [1.82, 2.24) is 4.90 Å². The lowest BCUT2D eigenvalue weighted by Gasteiger charge is -2.25. The summed E-state index contributed by atoms with van der Waals surface area (Å²) in [5, 5.41) is 9.29. The van der Waals surface area contributed by atoms with Gasteiger partial charge in [-0.15, -0.1) is 0 Å². The highest BCUT2D eigenvalue weighted by atomic mass is 16.7. The number of rotatable bonds is 5. The van der Waals surface area contributed by atoms with E-state index in [9.17, 15) is 5.11 Å². The van der Waals surface area contributed by atoms with Crippen LogP contribution in [-0.4, -0.2) is 55.8 Å². The van der Waals surface area contributed by atoms with E-state index in [1.807, 2.05) is 0 Å². The Morgan fingerprint density at radius 3 is 3.00 bits per heavy atom. The predicted octanol–water partition coefficient (Wildman–Crippen LogP) is 1.23. The first kappa shape index (κ1) is 13.3. The van der Waals surface area contributed by atoms with Crippen molar-refractivity contribution in [3.8, 4) is 0 Å². The van der Waals surface area contributed by atoms with E-state index < -0.39 is 0 Å². The van der Waals surface area contributed by atoms with Crippen molar-refractivity contribution in [3.63, 3.8) is 0 Å². The van der Waals surface area contributed by atoms with Crippen molar-refractivity contribution in [3.05, 3.63) is 0 Å². The fourth-order valence-corrected chi connectivity index (χ4v) is 2.60. The fraction of sp³-hybridized carbons (Fsp3) is 1.00. The van der Waals surface area contributed by atoms with Crippen molar-refractivity contribution in [1.29, 1.82) is 0 Å². The summed E-state index contributed by atoms with van der Waals surface area (Å²) in [5.41, 5.74) is 0.0986. The lowest BCUT2D eigenvalue weighted by atomic mass is 9.91. The fourth-order valence-electron chi connectivity index (χ4n) is 2.60. The Bertz CT molecular complexity index is 231. The molecule has 2 atom stereocenters. The normalized spacial score (nSPS) is 35.3. The second-order valence-corrected chi connectivity index (χ2v) is 5.66. The van der Waals surface area contributed by atoms with E-state index in [0.29, 0.717) is 0 Å². The molecule has 2 saturated heterocycles. The summed E-state index contributed by atoms with van der Waals surface area (Å²) in [6, 6.07) is 0. The van der Waals surface area contributed by atoms with Crippen molar-refractivity contribution in [2.75, 3.05) is 39.5 Å². The molecule has 0 aromatic rings. The third kappa shape index (κ3) is 3.91. The molecule has 0 amide bonds. The molecular formula is C13H25NO3. The van der Waals surface area contributed by atoms with Gasteiger partial charge in [-0.3, -0.25) is 0 Å². The van der Waals surface area contributed by atoms with Crippen LogP contribution >= 0.6 is 0 Å².